The maximum Gasteiger partial charge on any atom is 0.253 e. The van der Waals surface area contributed by atoms with Crippen molar-refractivity contribution in [2.24, 2.45) is 0 Å². The molecule has 2 aromatic rings. The third-order valence-electron chi connectivity index (χ3n) is 2.30. The first-order valence-corrected chi connectivity index (χ1v) is 4.99. The fraction of sp³-hybridized carbons (Fsp3) is 0.182. The van der Waals surface area contributed by atoms with E-state index in [1.807, 2.05) is 0 Å². The highest BCUT2D eigenvalue weighted by atomic mass is 35.5. The predicted molar refractivity (Wildman–Crippen MR) is 61.1 cm³/mol. The molecule has 2 rings (SSSR count). The van der Waals surface area contributed by atoms with Gasteiger partial charge in [0, 0.05) is 27.5 Å². The van der Waals surface area contributed by atoms with Crippen LogP contribution in [-0.2, 0) is 0 Å². The molecule has 77 valence electrons. The second kappa shape index (κ2) is 3.68. The average Bonchev–Trinajstić information content (AvgIpc) is 2.17. The third-order valence-corrected chi connectivity index (χ3v) is 2.54. The second-order valence-electron chi connectivity index (χ2n) is 3.51. The number of benzene rings is 1. The zero-order valence-electron chi connectivity index (χ0n) is 8.17. The molecule has 0 spiro atoms. The summed E-state index contributed by atoms with van der Waals surface area (Å²) in [5.74, 6) is 0. The molecular formula is C11H10ClN2O. The van der Waals surface area contributed by atoms with Crippen LogP contribution in [0.3, 0.4) is 0 Å². The number of pyridine rings is 1. The van der Waals surface area contributed by atoms with E-state index < -0.39 is 6.04 Å². The summed E-state index contributed by atoms with van der Waals surface area (Å²) in [6, 6.07) is 6.45. The van der Waals surface area contributed by atoms with E-state index in [4.69, 9.17) is 17.3 Å². The lowest BCUT2D eigenvalue weighted by atomic mass is 10.1. The van der Waals surface area contributed by atoms with Gasteiger partial charge in [0.05, 0.1) is 0 Å². The molecule has 1 atom stereocenters. The number of hydrogen-bond acceptors (Lipinski definition) is 1. The third kappa shape index (κ3) is 1.89. The quantitative estimate of drug-likeness (QED) is 0.791. The van der Waals surface area contributed by atoms with Crippen molar-refractivity contribution in [3.05, 3.63) is 45.2 Å². The molecular weight excluding hydrogens is 212 g/mol. The first-order valence-electron chi connectivity index (χ1n) is 4.61. The normalized spacial score (nSPS) is 13.0. The van der Waals surface area contributed by atoms with Crippen molar-refractivity contribution >= 4 is 22.5 Å². The Morgan fingerprint density at radius 1 is 1.40 bits per heavy atom. The lowest BCUT2D eigenvalue weighted by Crippen LogP contribution is -2.15. The van der Waals surface area contributed by atoms with Gasteiger partial charge in [0.25, 0.3) is 5.56 Å². The molecule has 0 aliphatic carbocycles. The summed E-state index contributed by atoms with van der Waals surface area (Å²) < 4.78 is 0. The molecule has 2 N–H and O–H groups in total. The van der Waals surface area contributed by atoms with E-state index >= 15 is 0 Å². The lowest BCUT2D eigenvalue weighted by Gasteiger charge is -2.05. The fourth-order valence-electron chi connectivity index (χ4n) is 1.52. The predicted octanol–water partition coefficient (Wildman–Crippen LogP) is 2.53. The number of hydrogen-bond donors (Lipinski definition) is 1. The van der Waals surface area contributed by atoms with E-state index in [-0.39, 0.29) is 5.56 Å². The van der Waals surface area contributed by atoms with Gasteiger partial charge in [-0.2, -0.15) is 0 Å². The number of aromatic nitrogens is 1. The number of rotatable bonds is 1. The molecule has 3 nitrogen and oxygen atoms in total. The van der Waals surface area contributed by atoms with E-state index in [2.05, 4.69) is 4.98 Å². The molecule has 4 heteroatoms. The molecule has 0 unspecified atom stereocenters. The van der Waals surface area contributed by atoms with Crippen LogP contribution in [0, 0.1) is 0 Å². The Labute approximate surface area is 91.9 Å². The van der Waals surface area contributed by atoms with Gasteiger partial charge in [-0.1, -0.05) is 11.6 Å². The van der Waals surface area contributed by atoms with Crippen LogP contribution >= 0.6 is 11.6 Å². The SMILES string of the molecule is C[C@H]([NH])c1cc2cc(Cl)ccc2[nH]c1=O. The number of fused-ring (bicyclic) bond motifs is 1. The molecule has 1 aromatic carbocycles. The molecule has 1 aromatic heterocycles. The largest absolute Gasteiger partial charge is 0.322 e. The Bertz CT molecular complexity index is 560. The van der Waals surface area contributed by atoms with Crippen LogP contribution in [0.1, 0.15) is 18.5 Å². The van der Waals surface area contributed by atoms with Gasteiger partial charge in [-0.05, 0) is 31.2 Å². The monoisotopic (exact) mass is 221 g/mol. The molecule has 0 fully saturated rings. The van der Waals surface area contributed by atoms with Crippen molar-refractivity contribution in [3.8, 4) is 0 Å². The average molecular weight is 222 g/mol. The van der Waals surface area contributed by atoms with Gasteiger partial charge in [-0.3, -0.25) is 4.79 Å². The van der Waals surface area contributed by atoms with Gasteiger partial charge in [-0.15, -0.1) is 0 Å². The van der Waals surface area contributed by atoms with Crippen molar-refractivity contribution in [1.29, 1.82) is 0 Å². The Morgan fingerprint density at radius 2 is 2.13 bits per heavy atom. The van der Waals surface area contributed by atoms with Crippen molar-refractivity contribution in [2.75, 3.05) is 0 Å². The van der Waals surface area contributed by atoms with Gasteiger partial charge in [-0.25, -0.2) is 5.73 Å². The molecule has 0 aliphatic heterocycles. The Kier molecular flexibility index (Phi) is 2.50. The molecule has 0 aliphatic rings. The summed E-state index contributed by atoms with van der Waals surface area (Å²) in [7, 11) is 0. The molecule has 0 saturated heterocycles. The van der Waals surface area contributed by atoms with Gasteiger partial charge >= 0.3 is 0 Å². The molecule has 1 radical (unpaired) electrons. The van der Waals surface area contributed by atoms with Crippen LogP contribution in [-0.4, -0.2) is 4.98 Å². The van der Waals surface area contributed by atoms with Crippen LogP contribution in [0.4, 0.5) is 0 Å². The number of halogens is 1. The minimum atomic E-state index is -0.530. The highest BCUT2D eigenvalue weighted by molar-refractivity contribution is 6.31. The first kappa shape index (κ1) is 10.2. The second-order valence-corrected chi connectivity index (χ2v) is 3.94. The van der Waals surface area contributed by atoms with Gasteiger partial charge in [0.1, 0.15) is 0 Å². The molecule has 0 amide bonds. The lowest BCUT2D eigenvalue weighted by molar-refractivity contribution is 0.775. The number of H-pyrrole nitrogens is 1. The van der Waals surface area contributed by atoms with E-state index in [0.717, 1.165) is 10.9 Å². The first-order chi connectivity index (χ1) is 7.08. The van der Waals surface area contributed by atoms with E-state index in [0.29, 0.717) is 10.6 Å². The summed E-state index contributed by atoms with van der Waals surface area (Å²) >= 11 is 5.85. The van der Waals surface area contributed by atoms with Gasteiger partial charge in [0.15, 0.2) is 0 Å². The van der Waals surface area contributed by atoms with Gasteiger partial charge in [0.2, 0.25) is 0 Å². The van der Waals surface area contributed by atoms with E-state index in [1.165, 1.54) is 0 Å². The minimum absolute atomic E-state index is 0.202. The Morgan fingerprint density at radius 3 is 2.80 bits per heavy atom. The smallest absolute Gasteiger partial charge is 0.253 e. The van der Waals surface area contributed by atoms with Crippen molar-refractivity contribution < 1.29 is 0 Å². The molecule has 0 saturated carbocycles. The van der Waals surface area contributed by atoms with E-state index in [9.17, 15) is 4.79 Å². The van der Waals surface area contributed by atoms with Crippen molar-refractivity contribution in [3.63, 3.8) is 0 Å². The van der Waals surface area contributed by atoms with Crippen LogP contribution in [0.25, 0.3) is 10.9 Å². The number of nitrogens with one attached hydrogen (secondary N) is 2. The maximum atomic E-state index is 11.6. The highest BCUT2D eigenvalue weighted by Crippen LogP contribution is 2.18. The number of aromatic amines is 1. The topological polar surface area (TPSA) is 56.7 Å². The zero-order chi connectivity index (χ0) is 11.0. The van der Waals surface area contributed by atoms with E-state index in [1.54, 1.807) is 31.2 Å². The van der Waals surface area contributed by atoms with Crippen molar-refractivity contribution in [1.82, 2.24) is 10.7 Å². The standard InChI is InChI=1S/C11H10ClN2O/c1-6(13)9-5-7-4-8(12)2-3-10(7)14-11(9)15/h2-6,13H,1H3,(H,14,15)/t6-/m0/s1. The molecule has 1 heterocycles. The Balaban J connectivity index is 2.77. The van der Waals surface area contributed by atoms with Crippen LogP contribution in [0.5, 0.6) is 0 Å². The highest BCUT2D eigenvalue weighted by Gasteiger charge is 2.07. The zero-order valence-corrected chi connectivity index (χ0v) is 8.93. The summed E-state index contributed by atoms with van der Waals surface area (Å²) in [5, 5.41) is 1.48. The molecule has 15 heavy (non-hydrogen) atoms. The fourth-order valence-corrected chi connectivity index (χ4v) is 1.70. The summed E-state index contributed by atoms with van der Waals surface area (Å²) in [4.78, 5) is 14.3. The minimum Gasteiger partial charge on any atom is -0.322 e. The Hall–Kier alpha value is -1.32. The van der Waals surface area contributed by atoms with Crippen LogP contribution < -0.4 is 11.3 Å². The summed E-state index contributed by atoms with van der Waals surface area (Å²) in [5.41, 5.74) is 8.54. The molecule has 0 bridgehead atoms. The van der Waals surface area contributed by atoms with Crippen molar-refractivity contribution in [2.45, 2.75) is 13.0 Å². The van der Waals surface area contributed by atoms with Gasteiger partial charge < -0.3 is 4.98 Å². The summed E-state index contributed by atoms with van der Waals surface area (Å²) in [6.45, 7) is 1.67. The summed E-state index contributed by atoms with van der Waals surface area (Å²) in [6.07, 6.45) is 0. The van der Waals surface area contributed by atoms with Crippen LogP contribution in [0.2, 0.25) is 5.02 Å². The maximum absolute atomic E-state index is 11.6. The van der Waals surface area contributed by atoms with Crippen LogP contribution in [0.15, 0.2) is 29.1 Å².